The van der Waals surface area contributed by atoms with E-state index in [0.29, 0.717) is 58.4 Å². The monoisotopic (exact) mass is 576 g/mol. The lowest BCUT2D eigenvalue weighted by molar-refractivity contribution is -0.387. The number of halogens is 4. The van der Waals surface area contributed by atoms with E-state index < -0.39 is 33.9 Å². The number of anilines is 3. The minimum Gasteiger partial charge on any atom is -0.400 e. The van der Waals surface area contributed by atoms with Crippen LogP contribution in [0.5, 0.6) is 0 Å². The van der Waals surface area contributed by atoms with Crippen LogP contribution in [-0.2, 0) is 0 Å². The standard InChI is InChI=1S/C12H15F2N3O3.C12H17F2N3O.CH4O/c13-9-8-12(17(19)20)10(14)7-11(9)16-3-1-15(2-4-16)5-6-18;13-9-8-12(10(14)7-11(9)15)17-3-1-16(2-4-17)5-6-18;1-2/h7-8,18H,1-6H2;7-8,18H,1-6,15H2;2H,1H3. The van der Waals surface area contributed by atoms with Crippen molar-refractivity contribution in [1.82, 2.24) is 9.80 Å². The number of nitro benzene ring substituents is 1. The van der Waals surface area contributed by atoms with Crippen LogP contribution in [0.4, 0.5) is 40.3 Å². The molecule has 0 bridgehead atoms. The number of piperazine rings is 2. The molecule has 4 rings (SSSR count). The van der Waals surface area contributed by atoms with E-state index in [4.69, 9.17) is 21.1 Å². The first-order chi connectivity index (χ1) is 19.1. The molecule has 40 heavy (non-hydrogen) atoms. The average molecular weight is 577 g/mol. The Kier molecular flexibility index (Phi) is 13.3. The smallest absolute Gasteiger partial charge is 0.307 e. The van der Waals surface area contributed by atoms with Gasteiger partial charge in [0.25, 0.3) is 0 Å². The molecule has 5 N–H and O–H groups in total. The van der Waals surface area contributed by atoms with E-state index >= 15 is 0 Å². The van der Waals surface area contributed by atoms with Gasteiger partial charge < -0.3 is 30.9 Å². The predicted molar refractivity (Wildman–Crippen MR) is 143 cm³/mol. The zero-order valence-electron chi connectivity index (χ0n) is 22.3. The fraction of sp³-hybridized carbons (Fsp3) is 0.520. The van der Waals surface area contributed by atoms with Crippen molar-refractivity contribution < 1.29 is 37.8 Å². The Morgan fingerprint density at radius 1 is 0.725 bits per heavy atom. The summed E-state index contributed by atoms with van der Waals surface area (Å²) in [6, 6.07) is 3.65. The molecule has 224 valence electrons. The highest BCUT2D eigenvalue weighted by Crippen LogP contribution is 2.28. The first kappa shape index (κ1) is 33.0. The van der Waals surface area contributed by atoms with Crippen LogP contribution in [0.15, 0.2) is 24.3 Å². The number of hydrogen-bond donors (Lipinski definition) is 4. The number of β-amino-alcohol motifs (C(OH)–C–C–N with tert-alkyl or cyclic N) is 2. The number of aliphatic hydroxyl groups is 3. The van der Waals surface area contributed by atoms with Crippen molar-refractivity contribution in [3.63, 3.8) is 0 Å². The van der Waals surface area contributed by atoms with Crippen molar-refractivity contribution >= 4 is 22.7 Å². The molecule has 2 fully saturated rings. The number of nitrogen functional groups attached to an aromatic ring is 1. The van der Waals surface area contributed by atoms with E-state index in [-0.39, 0.29) is 30.3 Å². The summed E-state index contributed by atoms with van der Waals surface area (Å²) in [5.74, 6) is -2.92. The van der Waals surface area contributed by atoms with Crippen LogP contribution in [0.2, 0.25) is 0 Å². The van der Waals surface area contributed by atoms with Crippen molar-refractivity contribution in [1.29, 1.82) is 0 Å². The largest absolute Gasteiger partial charge is 0.400 e. The Balaban J connectivity index is 0.000000265. The molecule has 0 aliphatic carbocycles. The Hall–Kier alpha value is -3.24. The number of rotatable bonds is 7. The highest BCUT2D eigenvalue weighted by atomic mass is 19.1. The van der Waals surface area contributed by atoms with Crippen LogP contribution in [0, 0.1) is 33.4 Å². The minimum absolute atomic E-state index is 0.0387. The fourth-order valence-electron chi connectivity index (χ4n) is 4.41. The topological polar surface area (TPSA) is 143 Å². The molecule has 2 heterocycles. The summed E-state index contributed by atoms with van der Waals surface area (Å²) < 4.78 is 54.5. The summed E-state index contributed by atoms with van der Waals surface area (Å²) in [7, 11) is 1.00. The highest BCUT2D eigenvalue weighted by molar-refractivity contribution is 5.56. The van der Waals surface area contributed by atoms with Gasteiger partial charge in [-0.25, -0.2) is 13.2 Å². The third-order valence-electron chi connectivity index (χ3n) is 6.54. The van der Waals surface area contributed by atoms with Crippen molar-refractivity contribution in [2.75, 3.05) is 101 Å². The molecular weight excluding hydrogens is 540 g/mol. The molecule has 0 aromatic heterocycles. The third-order valence-corrected chi connectivity index (χ3v) is 6.54. The van der Waals surface area contributed by atoms with E-state index in [9.17, 15) is 27.7 Å². The number of aliphatic hydroxyl groups excluding tert-OH is 3. The molecule has 2 saturated heterocycles. The summed E-state index contributed by atoms with van der Waals surface area (Å²) in [4.78, 5) is 17.1. The molecule has 2 aromatic carbocycles. The van der Waals surface area contributed by atoms with Crippen molar-refractivity contribution in [3.8, 4) is 0 Å². The lowest BCUT2D eigenvalue weighted by Gasteiger charge is -2.35. The molecule has 15 heteroatoms. The van der Waals surface area contributed by atoms with Gasteiger partial charge in [0, 0.05) is 90.8 Å². The van der Waals surface area contributed by atoms with Crippen LogP contribution in [0.25, 0.3) is 0 Å². The number of nitro groups is 1. The van der Waals surface area contributed by atoms with Crippen LogP contribution in [-0.4, -0.2) is 116 Å². The van der Waals surface area contributed by atoms with Gasteiger partial charge >= 0.3 is 5.69 Å². The molecule has 2 aliphatic rings. The summed E-state index contributed by atoms with van der Waals surface area (Å²) >= 11 is 0. The minimum atomic E-state index is -1.04. The van der Waals surface area contributed by atoms with E-state index in [2.05, 4.69) is 4.90 Å². The average Bonchev–Trinajstić information content (AvgIpc) is 2.94. The van der Waals surface area contributed by atoms with Crippen LogP contribution < -0.4 is 15.5 Å². The number of nitrogens with zero attached hydrogens (tertiary/aromatic N) is 5. The van der Waals surface area contributed by atoms with Gasteiger partial charge in [0.1, 0.15) is 11.6 Å². The van der Waals surface area contributed by atoms with E-state index in [1.54, 1.807) is 9.80 Å². The molecule has 0 amide bonds. The molecule has 2 aromatic rings. The summed E-state index contributed by atoms with van der Waals surface area (Å²) in [6.07, 6.45) is 0. The molecule has 0 radical (unpaired) electrons. The number of nitrogens with two attached hydrogens (primary N) is 1. The lowest BCUT2D eigenvalue weighted by Crippen LogP contribution is -2.47. The molecule has 0 spiro atoms. The van der Waals surface area contributed by atoms with Crippen LogP contribution in [0.3, 0.4) is 0 Å². The molecule has 0 unspecified atom stereocenters. The fourth-order valence-corrected chi connectivity index (χ4v) is 4.41. The van der Waals surface area contributed by atoms with Gasteiger partial charge in [-0.3, -0.25) is 19.9 Å². The number of hydrogen-bond acceptors (Lipinski definition) is 10. The van der Waals surface area contributed by atoms with Crippen molar-refractivity contribution in [3.05, 3.63) is 57.6 Å². The Labute approximate surface area is 229 Å². The predicted octanol–water partition coefficient (Wildman–Crippen LogP) is 1.26. The van der Waals surface area contributed by atoms with Crippen molar-refractivity contribution in [2.24, 2.45) is 0 Å². The van der Waals surface area contributed by atoms with Gasteiger partial charge in [0.05, 0.1) is 41.3 Å². The summed E-state index contributed by atoms with van der Waals surface area (Å²) in [5, 5.41) is 35.2. The van der Waals surface area contributed by atoms with Crippen LogP contribution in [0.1, 0.15) is 0 Å². The maximum Gasteiger partial charge on any atom is 0.307 e. The second-order valence-corrected chi connectivity index (χ2v) is 8.94. The maximum absolute atomic E-state index is 13.9. The van der Waals surface area contributed by atoms with Crippen LogP contribution >= 0.6 is 0 Å². The van der Waals surface area contributed by atoms with Gasteiger partial charge in [0.15, 0.2) is 5.82 Å². The van der Waals surface area contributed by atoms with E-state index in [0.717, 1.165) is 38.4 Å². The quantitative estimate of drug-likeness (QED) is 0.165. The molecule has 0 atom stereocenters. The summed E-state index contributed by atoms with van der Waals surface area (Å²) in [6.45, 7) is 6.22. The van der Waals surface area contributed by atoms with Gasteiger partial charge in [0.2, 0.25) is 5.82 Å². The number of benzene rings is 2. The SMILES string of the molecule is CO.Nc1cc(F)c(N2CCN(CCO)CC2)cc1F.O=[N+]([O-])c1cc(F)c(N2CCN(CCO)CC2)cc1F. The lowest BCUT2D eigenvalue weighted by atomic mass is 10.2. The molecule has 0 saturated carbocycles. The molecular formula is C25H36F4N6O5. The Morgan fingerprint density at radius 3 is 1.52 bits per heavy atom. The zero-order chi connectivity index (χ0) is 29.8. The van der Waals surface area contributed by atoms with E-state index in [1.807, 2.05) is 4.90 Å². The highest BCUT2D eigenvalue weighted by Gasteiger charge is 2.24. The summed E-state index contributed by atoms with van der Waals surface area (Å²) in [5.41, 5.74) is 4.58. The van der Waals surface area contributed by atoms with Gasteiger partial charge in [-0.2, -0.15) is 4.39 Å². The zero-order valence-corrected chi connectivity index (χ0v) is 22.3. The Bertz CT molecular complexity index is 1100. The van der Waals surface area contributed by atoms with E-state index in [1.165, 1.54) is 0 Å². The first-order valence-electron chi connectivity index (χ1n) is 12.6. The molecule has 11 nitrogen and oxygen atoms in total. The normalized spacial score (nSPS) is 16.1. The van der Waals surface area contributed by atoms with Crippen molar-refractivity contribution in [2.45, 2.75) is 0 Å². The first-order valence-corrected chi connectivity index (χ1v) is 12.6. The second kappa shape index (κ2) is 16.1. The molecule has 2 aliphatic heterocycles. The van der Waals surface area contributed by atoms with Gasteiger partial charge in [-0.1, -0.05) is 0 Å². The maximum atomic E-state index is 13.9. The Morgan fingerprint density at radius 2 is 1.12 bits per heavy atom. The second-order valence-electron chi connectivity index (χ2n) is 8.94. The third kappa shape index (κ3) is 8.89. The van der Waals surface area contributed by atoms with Gasteiger partial charge in [-0.15, -0.1) is 0 Å². The van der Waals surface area contributed by atoms with Gasteiger partial charge in [-0.05, 0) is 0 Å².